The van der Waals surface area contributed by atoms with Gasteiger partial charge in [0, 0.05) is 10.6 Å². The standard InChI is InChI=1S/C23H25N5OS2/c1-23(2,3)15-9-10-17-18(12-24)21(31-19(17)11-15)26-20(29)13-30-22-27-25-14-28(22)16-7-5-4-6-8-16/h4-8,14-15H,9-11,13H2,1-3H3,(H,26,29). The van der Waals surface area contributed by atoms with Gasteiger partial charge in [-0.2, -0.15) is 5.26 Å². The Morgan fingerprint density at radius 2 is 2.13 bits per heavy atom. The minimum Gasteiger partial charge on any atom is -0.316 e. The van der Waals surface area contributed by atoms with Gasteiger partial charge in [-0.05, 0) is 48.3 Å². The Bertz CT molecular complexity index is 1120. The lowest BCUT2D eigenvalue weighted by molar-refractivity contribution is -0.113. The lowest BCUT2D eigenvalue weighted by Crippen LogP contribution is -2.26. The highest BCUT2D eigenvalue weighted by atomic mass is 32.2. The summed E-state index contributed by atoms with van der Waals surface area (Å²) in [6.07, 6.45) is 4.60. The van der Waals surface area contributed by atoms with E-state index in [1.165, 1.54) is 16.6 Å². The summed E-state index contributed by atoms with van der Waals surface area (Å²) in [5, 5.41) is 22.1. The molecule has 31 heavy (non-hydrogen) atoms. The second-order valence-corrected chi connectivity index (χ2v) is 10.8. The molecule has 1 N–H and O–H groups in total. The monoisotopic (exact) mass is 451 g/mol. The van der Waals surface area contributed by atoms with Crippen molar-refractivity contribution in [2.75, 3.05) is 11.1 Å². The zero-order valence-electron chi connectivity index (χ0n) is 17.9. The van der Waals surface area contributed by atoms with E-state index in [9.17, 15) is 10.1 Å². The number of carbonyl (C=O) groups is 1. The first-order valence-electron chi connectivity index (χ1n) is 10.3. The summed E-state index contributed by atoms with van der Waals surface area (Å²) in [5.41, 5.74) is 2.95. The molecule has 8 heteroatoms. The molecule has 1 unspecified atom stereocenters. The smallest absolute Gasteiger partial charge is 0.235 e. The fourth-order valence-electron chi connectivity index (χ4n) is 3.91. The molecular formula is C23H25N5OS2. The number of carbonyl (C=O) groups excluding carboxylic acids is 1. The molecule has 1 atom stereocenters. The third-order valence-electron chi connectivity index (χ3n) is 5.74. The number of nitrogens with zero attached hydrogens (tertiary/aromatic N) is 4. The van der Waals surface area contributed by atoms with E-state index in [4.69, 9.17) is 0 Å². The lowest BCUT2D eigenvalue weighted by Gasteiger charge is -2.33. The zero-order chi connectivity index (χ0) is 22.0. The van der Waals surface area contributed by atoms with Crippen LogP contribution in [-0.4, -0.2) is 26.4 Å². The quantitative estimate of drug-likeness (QED) is 0.547. The molecule has 1 aliphatic rings. The molecule has 2 heterocycles. The Morgan fingerprint density at radius 1 is 1.35 bits per heavy atom. The molecule has 160 valence electrons. The number of benzene rings is 1. The van der Waals surface area contributed by atoms with E-state index in [2.05, 4.69) is 42.4 Å². The van der Waals surface area contributed by atoms with Crippen molar-refractivity contribution in [2.45, 2.75) is 45.2 Å². The molecule has 0 bridgehead atoms. The summed E-state index contributed by atoms with van der Waals surface area (Å²) in [7, 11) is 0. The maximum Gasteiger partial charge on any atom is 0.235 e. The Morgan fingerprint density at radius 3 is 2.84 bits per heavy atom. The number of nitriles is 1. The van der Waals surface area contributed by atoms with Gasteiger partial charge >= 0.3 is 0 Å². The third kappa shape index (κ3) is 4.68. The van der Waals surface area contributed by atoms with Crippen LogP contribution in [0.25, 0.3) is 5.69 Å². The highest BCUT2D eigenvalue weighted by Gasteiger charge is 2.32. The number of nitrogens with one attached hydrogen (secondary N) is 1. The number of thioether (sulfide) groups is 1. The van der Waals surface area contributed by atoms with Crippen molar-refractivity contribution in [1.82, 2.24) is 14.8 Å². The summed E-state index contributed by atoms with van der Waals surface area (Å²) in [5.74, 6) is 0.646. The number of para-hydroxylation sites is 1. The van der Waals surface area contributed by atoms with Crippen LogP contribution in [0.15, 0.2) is 41.8 Å². The van der Waals surface area contributed by atoms with Crippen molar-refractivity contribution >= 4 is 34.0 Å². The topological polar surface area (TPSA) is 83.6 Å². The largest absolute Gasteiger partial charge is 0.316 e. The molecule has 1 aliphatic carbocycles. The number of anilines is 1. The fraction of sp³-hybridized carbons (Fsp3) is 0.391. The summed E-state index contributed by atoms with van der Waals surface area (Å²) in [4.78, 5) is 13.9. The van der Waals surface area contributed by atoms with E-state index < -0.39 is 0 Å². The Balaban J connectivity index is 1.44. The summed E-state index contributed by atoms with van der Waals surface area (Å²) in [6, 6.07) is 12.1. The minimum absolute atomic E-state index is 0.143. The first-order valence-corrected chi connectivity index (χ1v) is 12.1. The van der Waals surface area contributed by atoms with E-state index >= 15 is 0 Å². The molecule has 0 spiro atoms. The van der Waals surface area contributed by atoms with E-state index in [0.29, 0.717) is 21.6 Å². The number of aromatic nitrogens is 3. The van der Waals surface area contributed by atoms with Crippen molar-refractivity contribution in [3.05, 3.63) is 52.7 Å². The Labute approximate surface area is 190 Å². The molecule has 6 nitrogen and oxygen atoms in total. The number of rotatable bonds is 5. The van der Waals surface area contributed by atoms with Crippen LogP contribution in [0.3, 0.4) is 0 Å². The minimum atomic E-state index is -0.143. The summed E-state index contributed by atoms with van der Waals surface area (Å²) in [6.45, 7) is 6.82. The predicted molar refractivity (Wildman–Crippen MR) is 125 cm³/mol. The number of hydrogen-bond acceptors (Lipinski definition) is 6. The second-order valence-electron chi connectivity index (χ2n) is 8.78. The van der Waals surface area contributed by atoms with Crippen LogP contribution in [0.5, 0.6) is 0 Å². The SMILES string of the molecule is CC(C)(C)C1CCc2c(sc(NC(=O)CSc3nncn3-c3ccccc3)c2C#N)C1. The average molecular weight is 452 g/mol. The number of hydrogen-bond donors (Lipinski definition) is 1. The van der Waals surface area contributed by atoms with Crippen molar-refractivity contribution < 1.29 is 4.79 Å². The third-order valence-corrected chi connectivity index (χ3v) is 7.85. The molecule has 4 rings (SSSR count). The summed E-state index contributed by atoms with van der Waals surface area (Å²) >= 11 is 2.89. The van der Waals surface area contributed by atoms with Crippen LogP contribution < -0.4 is 5.32 Å². The Kier molecular flexibility index (Phi) is 6.17. The van der Waals surface area contributed by atoms with Crippen LogP contribution in [0.4, 0.5) is 5.00 Å². The van der Waals surface area contributed by atoms with Gasteiger partial charge in [0.2, 0.25) is 5.91 Å². The van der Waals surface area contributed by atoms with Gasteiger partial charge in [-0.1, -0.05) is 50.7 Å². The van der Waals surface area contributed by atoms with Crippen LogP contribution in [0, 0.1) is 22.7 Å². The van der Waals surface area contributed by atoms with Gasteiger partial charge in [0.1, 0.15) is 17.4 Å². The highest BCUT2D eigenvalue weighted by molar-refractivity contribution is 7.99. The highest BCUT2D eigenvalue weighted by Crippen LogP contribution is 2.44. The molecule has 3 aromatic rings. The molecule has 0 saturated carbocycles. The van der Waals surface area contributed by atoms with Crippen molar-refractivity contribution in [2.24, 2.45) is 11.3 Å². The molecule has 0 saturated heterocycles. The van der Waals surface area contributed by atoms with Gasteiger partial charge in [-0.15, -0.1) is 21.5 Å². The van der Waals surface area contributed by atoms with Gasteiger partial charge in [-0.25, -0.2) is 0 Å². The van der Waals surface area contributed by atoms with E-state index in [-0.39, 0.29) is 17.1 Å². The van der Waals surface area contributed by atoms with Gasteiger partial charge in [-0.3, -0.25) is 9.36 Å². The summed E-state index contributed by atoms with van der Waals surface area (Å²) < 4.78 is 1.86. The van der Waals surface area contributed by atoms with Gasteiger partial charge in [0.05, 0.1) is 11.3 Å². The van der Waals surface area contributed by atoms with Gasteiger partial charge in [0.25, 0.3) is 0 Å². The Hall–Kier alpha value is -2.63. The van der Waals surface area contributed by atoms with Crippen molar-refractivity contribution in [3.63, 3.8) is 0 Å². The lowest BCUT2D eigenvalue weighted by atomic mass is 9.72. The van der Waals surface area contributed by atoms with Crippen LogP contribution in [-0.2, 0) is 17.6 Å². The van der Waals surface area contributed by atoms with Crippen LogP contribution >= 0.6 is 23.1 Å². The van der Waals surface area contributed by atoms with E-state index in [1.807, 2.05) is 34.9 Å². The first kappa shape index (κ1) is 21.6. The molecule has 0 fully saturated rings. The van der Waals surface area contributed by atoms with E-state index in [1.54, 1.807) is 17.7 Å². The molecule has 0 aliphatic heterocycles. The number of amides is 1. The molecule has 1 amide bonds. The van der Waals surface area contributed by atoms with Gasteiger partial charge in [0.15, 0.2) is 5.16 Å². The fourth-order valence-corrected chi connectivity index (χ4v) is 5.94. The van der Waals surface area contributed by atoms with Crippen LogP contribution in [0.1, 0.15) is 43.2 Å². The number of thiophene rings is 1. The maximum absolute atomic E-state index is 12.7. The van der Waals surface area contributed by atoms with Crippen molar-refractivity contribution in [1.29, 1.82) is 5.26 Å². The normalized spacial score (nSPS) is 15.9. The molecule has 1 aromatic carbocycles. The average Bonchev–Trinajstić information content (AvgIpc) is 3.35. The predicted octanol–water partition coefficient (Wildman–Crippen LogP) is 5.08. The van der Waals surface area contributed by atoms with Crippen molar-refractivity contribution in [3.8, 4) is 11.8 Å². The molecule has 2 aromatic heterocycles. The number of fused-ring (bicyclic) bond motifs is 1. The second kappa shape index (κ2) is 8.85. The maximum atomic E-state index is 12.7. The van der Waals surface area contributed by atoms with Gasteiger partial charge < -0.3 is 5.32 Å². The zero-order valence-corrected chi connectivity index (χ0v) is 19.5. The van der Waals surface area contributed by atoms with E-state index in [0.717, 1.165) is 30.5 Å². The van der Waals surface area contributed by atoms with Crippen LogP contribution in [0.2, 0.25) is 0 Å². The molecule has 0 radical (unpaired) electrons. The molecular weight excluding hydrogens is 426 g/mol. The first-order chi connectivity index (χ1) is 14.9.